The molecule has 1 aromatic carbocycles. The van der Waals surface area contributed by atoms with Crippen molar-refractivity contribution in [1.82, 2.24) is 0 Å². The molecule has 5 N–H and O–H groups in total. The predicted molar refractivity (Wildman–Crippen MR) is 78.5 cm³/mol. The largest absolute Gasteiger partial charge is 0.366 e. The third kappa shape index (κ3) is 3.49. The maximum absolute atomic E-state index is 12.2. The highest BCUT2D eigenvalue weighted by Gasteiger charge is 2.25. The number of amides is 2. The lowest BCUT2D eigenvalue weighted by atomic mass is 9.85. The molecule has 108 valence electrons. The van der Waals surface area contributed by atoms with Crippen molar-refractivity contribution >= 4 is 29.1 Å². The van der Waals surface area contributed by atoms with Gasteiger partial charge < -0.3 is 16.8 Å². The first-order chi connectivity index (χ1) is 9.47. The minimum atomic E-state index is -0.620. The van der Waals surface area contributed by atoms with Crippen molar-refractivity contribution in [2.75, 3.05) is 5.32 Å². The van der Waals surface area contributed by atoms with Crippen LogP contribution in [0, 0.1) is 5.92 Å². The molecule has 20 heavy (non-hydrogen) atoms. The molecular weight excluding hydrogens is 278 g/mol. The summed E-state index contributed by atoms with van der Waals surface area (Å²) in [4.78, 5) is 23.4. The zero-order valence-corrected chi connectivity index (χ0v) is 11.8. The molecule has 0 heterocycles. The van der Waals surface area contributed by atoms with Gasteiger partial charge in [0.2, 0.25) is 11.8 Å². The molecule has 2 unspecified atom stereocenters. The molecule has 0 aliphatic heterocycles. The van der Waals surface area contributed by atoms with Gasteiger partial charge in [-0.15, -0.1) is 0 Å². The number of rotatable bonds is 3. The van der Waals surface area contributed by atoms with Gasteiger partial charge in [-0.05, 0) is 37.5 Å². The standard InChI is InChI=1S/C14H18ClN3O2/c15-12-5-4-10(7-11(12)13(17)19)18-14(20)8-2-1-3-9(16)6-8/h4-5,7-9H,1-3,6,16H2,(H2,17,19)(H,18,20). The number of primary amides is 1. The molecule has 1 aromatic rings. The van der Waals surface area contributed by atoms with Crippen LogP contribution in [0.15, 0.2) is 18.2 Å². The van der Waals surface area contributed by atoms with E-state index < -0.39 is 5.91 Å². The van der Waals surface area contributed by atoms with E-state index in [2.05, 4.69) is 5.32 Å². The highest BCUT2D eigenvalue weighted by atomic mass is 35.5. The second kappa shape index (κ2) is 6.24. The van der Waals surface area contributed by atoms with Gasteiger partial charge in [-0.2, -0.15) is 0 Å². The fourth-order valence-corrected chi connectivity index (χ4v) is 2.71. The highest BCUT2D eigenvalue weighted by Crippen LogP contribution is 2.25. The minimum Gasteiger partial charge on any atom is -0.366 e. The van der Waals surface area contributed by atoms with Crippen LogP contribution in [-0.2, 0) is 4.79 Å². The van der Waals surface area contributed by atoms with Crippen LogP contribution in [0.3, 0.4) is 0 Å². The smallest absolute Gasteiger partial charge is 0.250 e. The maximum Gasteiger partial charge on any atom is 0.250 e. The normalized spacial score (nSPS) is 22.3. The summed E-state index contributed by atoms with van der Waals surface area (Å²) in [5.41, 5.74) is 11.8. The number of hydrogen-bond acceptors (Lipinski definition) is 3. The van der Waals surface area contributed by atoms with Crippen molar-refractivity contribution < 1.29 is 9.59 Å². The second-order valence-electron chi connectivity index (χ2n) is 5.17. The lowest BCUT2D eigenvalue weighted by molar-refractivity contribution is -0.120. The van der Waals surface area contributed by atoms with Crippen molar-refractivity contribution in [3.8, 4) is 0 Å². The number of carbonyl (C=O) groups is 2. The molecule has 0 radical (unpaired) electrons. The summed E-state index contributed by atoms with van der Waals surface area (Å²) in [6, 6.07) is 4.77. The molecule has 1 saturated carbocycles. The van der Waals surface area contributed by atoms with Crippen LogP contribution < -0.4 is 16.8 Å². The summed E-state index contributed by atoms with van der Waals surface area (Å²) in [5, 5.41) is 3.07. The maximum atomic E-state index is 12.2. The molecule has 2 amide bonds. The van der Waals surface area contributed by atoms with Crippen LogP contribution in [0.5, 0.6) is 0 Å². The van der Waals surface area contributed by atoms with E-state index in [0.717, 1.165) is 19.3 Å². The number of benzene rings is 1. The average Bonchev–Trinajstić information content (AvgIpc) is 2.40. The van der Waals surface area contributed by atoms with E-state index in [1.165, 1.54) is 6.07 Å². The van der Waals surface area contributed by atoms with Crippen LogP contribution >= 0.6 is 11.6 Å². The van der Waals surface area contributed by atoms with E-state index in [1.807, 2.05) is 0 Å². The molecule has 1 aliphatic carbocycles. The molecule has 0 bridgehead atoms. The van der Waals surface area contributed by atoms with E-state index in [4.69, 9.17) is 23.1 Å². The fourth-order valence-electron chi connectivity index (χ4n) is 2.50. The number of nitrogens with one attached hydrogen (secondary N) is 1. The Bertz CT molecular complexity index is 533. The Morgan fingerprint density at radius 1 is 1.30 bits per heavy atom. The zero-order valence-electron chi connectivity index (χ0n) is 11.1. The summed E-state index contributed by atoms with van der Waals surface area (Å²) in [7, 11) is 0. The average molecular weight is 296 g/mol. The number of hydrogen-bond donors (Lipinski definition) is 3. The van der Waals surface area contributed by atoms with Gasteiger partial charge in [-0.3, -0.25) is 9.59 Å². The van der Waals surface area contributed by atoms with Crippen LogP contribution in [-0.4, -0.2) is 17.9 Å². The third-order valence-corrected chi connectivity index (χ3v) is 3.91. The molecule has 1 aliphatic rings. The number of anilines is 1. The van der Waals surface area contributed by atoms with E-state index in [-0.39, 0.29) is 28.5 Å². The van der Waals surface area contributed by atoms with Crippen molar-refractivity contribution in [1.29, 1.82) is 0 Å². The van der Waals surface area contributed by atoms with Gasteiger partial charge in [0, 0.05) is 17.6 Å². The van der Waals surface area contributed by atoms with Gasteiger partial charge >= 0.3 is 0 Å². The molecular formula is C14H18ClN3O2. The number of halogens is 1. The fraction of sp³-hybridized carbons (Fsp3) is 0.429. The van der Waals surface area contributed by atoms with Gasteiger partial charge in [0.05, 0.1) is 10.6 Å². The molecule has 5 nitrogen and oxygen atoms in total. The lowest BCUT2D eigenvalue weighted by Gasteiger charge is -2.25. The van der Waals surface area contributed by atoms with Crippen LogP contribution in [0.2, 0.25) is 5.02 Å². The van der Waals surface area contributed by atoms with E-state index >= 15 is 0 Å². The number of nitrogens with two attached hydrogens (primary N) is 2. The van der Waals surface area contributed by atoms with Crippen LogP contribution in [0.25, 0.3) is 0 Å². The van der Waals surface area contributed by atoms with Crippen molar-refractivity contribution in [2.45, 2.75) is 31.7 Å². The Kier molecular flexibility index (Phi) is 4.62. The molecule has 2 atom stereocenters. The monoisotopic (exact) mass is 295 g/mol. The Balaban J connectivity index is 2.07. The Morgan fingerprint density at radius 2 is 2.05 bits per heavy atom. The topological polar surface area (TPSA) is 98.2 Å². The predicted octanol–water partition coefficient (Wildman–Crippen LogP) is 1.89. The summed E-state index contributed by atoms with van der Waals surface area (Å²) in [5.74, 6) is -0.768. The van der Waals surface area contributed by atoms with Gasteiger partial charge in [0.1, 0.15) is 0 Å². The van der Waals surface area contributed by atoms with Gasteiger partial charge in [0.15, 0.2) is 0 Å². The summed E-state index contributed by atoms with van der Waals surface area (Å²) < 4.78 is 0. The van der Waals surface area contributed by atoms with Crippen molar-refractivity contribution in [3.63, 3.8) is 0 Å². The molecule has 1 fully saturated rings. The summed E-state index contributed by atoms with van der Waals surface area (Å²) in [6.07, 6.45) is 3.47. The minimum absolute atomic E-state index is 0.0714. The Morgan fingerprint density at radius 3 is 2.70 bits per heavy atom. The molecule has 2 rings (SSSR count). The quantitative estimate of drug-likeness (QED) is 0.794. The van der Waals surface area contributed by atoms with Crippen molar-refractivity contribution in [2.24, 2.45) is 17.4 Å². The van der Waals surface area contributed by atoms with Gasteiger partial charge in [-0.25, -0.2) is 0 Å². The van der Waals surface area contributed by atoms with E-state index in [0.29, 0.717) is 12.1 Å². The molecule has 6 heteroatoms. The van der Waals surface area contributed by atoms with Crippen LogP contribution in [0.1, 0.15) is 36.0 Å². The van der Waals surface area contributed by atoms with Crippen molar-refractivity contribution in [3.05, 3.63) is 28.8 Å². The first kappa shape index (κ1) is 14.8. The zero-order chi connectivity index (χ0) is 14.7. The van der Waals surface area contributed by atoms with Gasteiger partial charge in [0.25, 0.3) is 0 Å². The third-order valence-electron chi connectivity index (χ3n) is 3.58. The Labute approximate surface area is 122 Å². The number of carbonyl (C=O) groups excluding carboxylic acids is 2. The first-order valence-electron chi connectivity index (χ1n) is 6.63. The molecule has 0 saturated heterocycles. The second-order valence-corrected chi connectivity index (χ2v) is 5.58. The summed E-state index contributed by atoms with van der Waals surface area (Å²) in [6.45, 7) is 0. The SMILES string of the molecule is NC(=O)c1cc(NC(=O)C2CCCC(N)C2)ccc1Cl. The van der Waals surface area contributed by atoms with Crippen LogP contribution in [0.4, 0.5) is 5.69 Å². The molecule has 0 aromatic heterocycles. The van der Waals surface area contributed by atoms with Gasteiger partial charge in [-0.1, -0.05) is 18.0 Å². The highest BCUT2D eigenvalue weighted by molar-refractivity contribution is 6.34. The van der Waals surface area contributed by atoms with E-state index in [9.17, 15) is 9.59 Å². The summed E-state index contributed by atoms with van der Waals surface area (Å²) >= 11 is 5.87. The first-order valence-corrected chi connectivity index (χ1v) is 7.01. The van der Waals surface area contributed by atoms with E-state index in [1.54, 1.807) is 12.1 Å². The Hall–Kier alpha value is -1.59. The lowest BCUT2D eigenvalue weighted by Crippen LogP contribution is -2.34. The molecule has 0 spiro atoms.